The molecule has 0 bridgehead atoms. The number of phenols is 1. The number of anilines is 2. The molecule has 0 spiro atoms. The molecular formula is C21H20N4O6S. The normalized spacial score (nSPS) is 11.6. The molecule has 10 nitrogen and oxygen atoms in total. The molecule has 166 valence electrons. The summed E-state index contributed by atoms with van der Waals surface area (Å²) in [5.74, 6) is 0.660. The van der Waals surface area contributed by atoms with Crippen molar-refractivity contribution in [2.75, 3.05) is 17.3 Å². The zero-order valence-electron chi connectivity index (χ0n) is 17.1. The fourth-order valence-corrected chi connectivity index (χ4v) is 3.79. The molecule has 0 aromatic heterocycles. The largest absolute Gasteiger partial charge is 0.508 e. The smallest absolute Gasteiger partial charge is 0.295 e. The first-order valence-corrected chi connectivity index (χ1v) is 10.7. The highest BCUT2D eigenvalue weighted by Crippen LogP contribution is 2.29. The molecule has 11 heteroatoms. The molecule has 0 saturated heterocycles. The van der Waals surface area contributed by atoms with Gasteiger partial charge in [0, 0.05) is 11.8 Å². The molecule has 32 heavy (non-hydrogen) atoms. The first-order valence-electron chi connectivity index (χ1n) is 9.24. The van der Waals surface area contributed by atoms with Crippen LogP contribution in [0.4, 0.5) is 17.1 Å². The molecule has 3 N–H and O–H groups in total. The molecule has 3 aromatic rings. The van der Waals surface area contributed by atoms with Crippen LogP contribution in [0.1, 0.15) is 12.5 Å². The molecule has 0 saturated carbocycles. The van der Waals surface area contributed by atoms with E-state index in [1.54, 1.807) is 31.2 Å². The number of hydrogen-bond acceptors (Lipinski definition) is 8. The van der Waals surface area contributed by atoms with E-state index >= 15 is 0 Å². The molecule has 0 fully saturated rings. The predicted octanol–water partition coefficient (Wildman–Crippen LogP) is 3.95. The quantitative estimate of drug-likeness (QED) is 0.264. The number of rotatable bonds is 8. The van der Waals surface area contributed by atoms with Crippen LogP contribution in [0.3, 0.4) is 0 Å². The maximum atomic E-state index is 12.7. The Morgan fingerprint density at radius 3 is 2.31 bits per heavy atom. The van der Waals surface area contributed by atoms with Crippen molar-refractivity contribution in [3.05, 3.63) is 82.4 Å². The summed E-state index contributed by atoms with van der Waals surface area (Å²) >= 11 is 0. The van der Waals surface area contributed by atoms with Crippen molar-refractivity contribution in [2.45, 2.75) is 11.8 Å². The second-order valence-corrected chi connectivity index (χ2v) is 8.31. The third-order valence-electron chi connectivity index (χ3n) is 4.45. The summed E-state index contributed by atoms with van der Waals surface area (Å²) < 4.78 is 32.8. The lowest BCUT2D eigenvalue weighted by atomic mass is 10.1. The van der Waals surface area contributed by atoms with Gasteiger partial charge in [-0.05, 0) is 73.2 Å². The number of hydrogen-bond donors (Lipinski definition) is 3. The predicted molar refractivity (Wildman–Crippen MR) is 121 cm³/mol. The number of ether oxygens (including phenoxy) is 1. The van der Waals surface area contributed by atoms with Crippen molar-refractivity contribution in [3.8, 4) is 11.5 Å². The SMILES string of the molecule is COc1ccc(NS(=O)(=O)c2ccc(N/N=C(\C)c3ccc(O)cc3)c([N+](=O)[O-])c2)cc1. The van der Waals surface area contributed by atoms with Gasteiger partial charge in [-0.1, -0.05) is 0 Å². The van der Waals surface area contributed by atoms with Crippen LogP contribution in [-0.4, -0.2) is 31.3 Å². The number of sulfonamides is 1. The van der Waals surface area contributed by atoms with Crippen LogP contribution in [0.5, 0.6) is 11.5 Å². The minimum atomic E-state index is -4.07. The Morgan fingerprint density at radius 2 is 1.72 bits per heavy atom. The van der Waals surface area contributed by atoms with Gasteiger partial charge < -0.3 is 9.84 Å². The summed E-state index contributed by atoms with van der Waals surface area (Å²) in [6.45, 7) is 1.68. The highest BCUT2D eigenvalue weighted by atomic mass is 32.2. The number of nitrogens with one attached hydrogen (secondary N) is 2. The lowest BCUT2D eigenvalue weighted by Gasteiger charge is -2.10. The molecule has 0 heterocycles. The monoisotopic (exact) mass is 456 g/mol. The third-order valence-corrected chi connectivity index (χ3v) is 5.83. The Labute approximate surface area is 184 Å². The number of nitro benzene ring substituents is 1. The number of hydrazone groups is 1. The van der Waals surface area contributed by atoms with E-state index in [9.17, 15) is 23.6 Å². The van der Waals surface area contributed by atoms with Crippen molar-refractivity contribution in [2.24, 2.45) is 5.10 Å². The molecule has 0 amide bonds. The Kier molecular flexibility index (Phi) is 6.59. The van der Waals surface area contributed by atoms with Crippen molar-refractivity contribution in [1.82, 2.24) is 0 Å². The van der Waals surface area contributed by atoms with Gasteiger partial charge in [0.05, 0.1) is 22.6 Å². The minimum absolute atomic E-state index is 0.0246. The summed E-state index contributed by atoms with van der Waals surface area (Å²) in [6, 6.07) is 15.9. The minimum Gasteiger partial charge on any atom is -0.508 e. The number of aromatic hydroxyl groups is 1. The van der Waals surface area contributed by atoms with Gasteiger partial charge in [0.25, 0.3) is 15.7 Å². The van der Waals surface area contributed by atoms with E-state index in [1.807, 2.05) is 0 Å². The van der Waals surface area contributed by atoms with E-state index in [0.717, 1.165) is 6.07 Å². The van der Waals surface area contributed by atoms with E-state index in [0.29, 0.717) is 17.0 Å². The van der Waals surface area contributed by atoms with E-state index in [4.69, 9.17) is 4.74 Å². The van der Waals surface area contributed by atoms with Gasteiger partial charge in [0.15, 0.2) is 0 Å². The second-order valence-electron chi connectivity index (χ2n) is 6.63. The molecule has 0 radical (unpaired) electrons. The lowest BCUT2D eigenvalue weighted by Crippen LogP contribution is -2.13. The van der Waals surface area contributed by atoms with Gasteiger partial charge in [0.2, 0.25) is 0 Å². The van der Waals surface area contributed by atoms with Crippen molar-refractivity contribution in [3.63, 3.8) is 0 Å². The lowest BCUT2D eigenvalue weighted by molar-refractivity contribution is -0.384. The Bertz CT molecular complexity index is 1260. The van der Waals surface area contributed by atoms with Crippen LogP contribution in [0.25, 0.3) is 0 Å². The van der Waals surface area contributed by atoms with Crippen LogP contribution in [-0.2, 0) is 10.0 Å². The van der Waals surface area contributed by atoms with Crippen LogP contribution in [0.15, 0.2) is 76.7 Å². The first-order chi connectivity index (χ1) is 15.2. The fourth-order valence-electron chi connectivity index (χ4n) is 2.71. The summed E-state index contributed by atoms with van der Waals surface area (Å²) in [5.41, 5.74) is 3.66. The van der Waals surface area contributed by atoms with Crippen molar-refractivity contribution >= 4 is 32.8 Å². The molecular weight excluding hydrogens is 436 g/mol. The maximum Gasteiger partial charge on any atom is 0.295 e. The molecule has 3 rings (SSSR count). The molecule has 0 aliphatic carbocycles. The number of phenolic OH excluding ortho intramolecular Hbond substituents is 1. The van der Waals surface area contributed by atoms with Crippen LogP contribution in [0, 0.1) is 10.1 Å². The van der Waals surface area contributed by atoms with Crippen molar-refractivity contribution in [1.29, 1.82) is 0 Å². The standard InChI is InChI=1S/C21H20N4O6S/c1-14(15-3-7-17(26)8-4-15)22-23-20-12-11-19(13-21(20)25(27)28)32(29,30)24-16-5-9-18(31-2)10-6-16/h3-13,23-24,26H,1-2H3/b22-14+. The highest BCUT2D eigenvalue weighted by molar-refractivity contribution is 7.92. The Balaban J connectivity index is 1.85. The van der Waals surface area contributed by atoms with E-state index in [1.165, 1.54) is 43.5 Å². The summed E-state index contributed by atoms with van der Waals surface area (Å²) in [6.07, 6.45) is 0. The number of nitrogens with zero attached hydrogens (tertiary/aromatic N) is 2. The average Bonchev–Trinajstić information content (AvgIpc) is 2.78. The van der Waals surface area contributed by atoms with Crippen LogP contribution < -0.4 is 14.9 Å². The third kappa shape index (κ3) is 5.32. The van der Waals surface area contributed by atoms with Crippen molar-refractivity contribution < 1.29 is 23.2 Å². The van der Waals surface area contributed by atoms with Gasteiger partial charge in [-0.15, -0.1) is 0 Å². The second kappa shape index (κ2) is 9.35. The zero-order valence-corrected chi connectivity index (χ0v) is 18.0. The highest BCUT2D eigenvalue weighted by Gasteiger charge is 2.21. The Hall–Kier alpha value is -4.12. The Morgan fingerprint density at radius 1 is 1.06 bits per heavy atom. The fraction of sp³-hybridized carbons (Fsp3) is 0.0952. The number of nitro groups is 1. The number of benzene rings is 3. The average molecular weight is 456 g/mol. The van der Waals surface area contributed by atoms with Gasteiger partial charge in [-0.2, -0.15) is 5.10 Å². The summed E-state index contributed by atoms with van der Waals surface area (Å²) in [5, 5.41) is 25.0. The summed E-state index contributed by atoms with van der Waals surface area (Å²) in [7, 11) is -2.58. The van der Waals surface area contributed by atoms with Gasteiger partial charge in [-0.25, -0.2) is 8.42 Å². The maximum absolute atomic E-state index is 12.7. The zero-order chi connectivity index (χ0) is 23.3. The van der Waals surface area contributed by atoms with Gasteiger partial charge >= 0.3 is 0 Å². The van der Waals surface area contributed by atoms with Gasteiger partial charge in [0.1, 0.15) is 17.2 Å². The molecule has 0 atom stereocenters. The van der Waals surface area contributed by atoms with E-state index in [-0.39, 0.29) is 22.0 Å². The molecule has 3 aromatic carbocycles. The van der Waals surface area contributed by atoms with Gasteiger partial charge in [-0.3, -0.25) is 20.3 Å². The van der Waals surface area contributed by atoms with Crippen LogP contribution >= 0.6 is 0 Å². The van der Waals surface area contributed by atoms with E-state index < -0.39 is 20.6 Å². The molecule has 0 aliphatic rings. The topological polar surface area (TPSA) is 143 Å². The molecule has 0 aliphatic heterocycles. The summed E-state index contributed by atoms with van der Waals surface area (Å²) in [4.78, 5) is 10.6. The van der Waals surface area contributed by atoms with Crippen LogP contribution in [0.2, 0.25) is 0 Å². The number of methoxy groups -OCH3 is 1. The first kappa shape index (κ1) is 22.6. The molecule has 0 unspecified atom stereocenters. The van der Waals surface area contributed by atoms with E-state index in [2.05, 4.69) is 15.2 Å².